The second-order valence-electron chi connectivity index (χ2n) is 9.52. The number of H-pyrrole nitrogens is 1. The first-order valence-electron chi connectivity index (χ1n) is 11.5. The van der Waals surface area contributed by atoms with Crippen molar-refractivity contribution in [3.05, 3.63) is 24.4 Å². The zero-order chi connectivity index (χ0) is 25.7. The van der Waals surface area contributed by atoms with Crippen molar-refractivity contribution in [2.45, 2.75) is 62.5 Å². The van der Waals surface area contributed by atoms with Crippen LogP contribution in [0.1, 0.15) is 32.6 Å². The van der Waals surface area contributed by atoms with Crippen LogP contribution in [-0.2, 0) is 6.54 Å². The van der Waals surface area contributed by atoms with E-state index in [1.807, 2.05) is 6.92 Å². The van der Waals surface area contributed by atoms with Gasteiger partial charge in [-0.2, -0.15) is 9.97 Å². The smallest absolute Gasteiger partial charge is 0.258 e. The van der Waals surface area contributed by atoms with Gasteiger partial charge in [0.1, 0.15) is 41.2 Å². The van der Waals surface area contributed by atoms with E-state index in [1.54, 1.807) is 24.4 Å². The van der Waals surface area contributed by atoms with Gasteiger partial charge in [0.2, 0.25) is 11.8 Å². The van der Waals surface area contributed by atoms with Crippen LogP contribution in [0.2, 0.25) is 0 Å². The molecule has 3 N–H and O–H groups in total. The Hall–Kier alpha value is -3.15. The summed E-state index contributed by atoms with van der Waals surface area (Å²) in [4.78, 5) is 12.2. The van der Waals surface area contributed by atoms with Crippen molar-refractivity contribution in [3.8, 4) is 17.0 Å². The quantitative estimate of drug-likeness (QED) is 0.343. The van der Waals surface area contributed by atoms with Crippen molar-refractivity contribution in [1.29, 1.82) is 0 Å². The Balaban J connectivity index is 1.54. The SMILES string of the molecule is [B]C([B])([B])Oc1nc(NC2CCC(C)(O)CC2)nc2[nH]cc(-c3ccc4nnn(CC(F)F)c4c3)c12. The normalized spacial score (nSPS) is 20.9. The molecule has 9 nitrogen and oxygen atoms in total. The molecule has 0 aliphatic heterocycles. The van der Waals surface area contributed by atoms with E-state index < -0.39 is 23.9 Å². The number of halogens is 2. The van der Waals surface area contributed by atoms with Crippen LogP contribution in [-0.4, -0.2) is 82.0 Å². The fourth-order valence-electron chi connectivity index (χ4n) is 4.50. The second-order valence-corrected chi connectivity index (χ2v) is 9.52. The minimum Gasteiger partial charge on any atom is -0.500 e. The standard InChI is InChI=1S/C22H22B3F2N7O2/c1-21(35)6-4-12(5-7-21)29-20-30-18-17(19(31-20)36-22(23,24)25)13(9-28-18)11-2-3-14-15(8-11)34(33-32-14)10-16(26)27/h2-3,8-9,12,16,35H,4-7,10H2,1H3,(H2,28,29,30,31). The number of aliphatic hydroxyl groups is 1. The molecule has 0 amide bonds. The summed E-state index contributed by atoms with van der Waals surface area (Å²) in [7, 11) is 17.2. The number of aromatic amines is 1. The molecule has 0 spiro atoms. The van der Waals surface area contributed by atoms with E-state index in [-0.39, 0.29) is 17.9 Å². The largest absolute Gasteiger partial charge is 0.500 e. The molecule has 3 aromatic heterocycles. The number of ether oxygens (including phenoxy) is 1. The topological polar surface area (TPSA) is 114 Å². The Morgan fingerprint density at radius 1 is 1.28 bits per heavy atom. The molecule has 0 atom stereocenters. The van der Waals surface area contributed by atoms with Gasteiger partial charge in [-0.05, 0) is 55.6 Å². The molecule has 1 aliphatic carbocycles. The fourth-order valence-corrected chi connectivity index (χ4v) is 4.50. The van der Waals surface area contributed by atoms with E-state index in [4.69, 9.17) is 28.3 Å². The summed E-state index contributed by atoms with van der Waals surface area (Å²) in [5.41, 5.74) is 1.97. The number of alkyl halides is 2. The van der Waals surface area contributed by atoms with Crippen molar-refractivity contribution in [2.75, 3.05) is 5.32 Å². The molecule has 1 saturated carbocycles. The summed E-state index contributed by atoms with van der Waals surface area (Å²) in [6.07, 6.45) is 1.92. The molecular formula is C22H22B3F2N7O2. The number of rotatable bonds is 7. The molecule has 3 heterocycles. The zero-order valence-corrected chi connectivity index (χ0v) is 19.6. The van der Waals surface area contributed by atoms with Crippen molar-refractivity contribution in [1.82, 2.24) is 29.9 Å². The lowest BCUT2D eigenvalue weighted by Gasteiger charge is -2.33. The van der Waals surface area contributed by atoms with E-state index in [0.717, 1.165) is 17.5 Å². The highest BCUT2D eigenvalue weighted by Crippen LogP contribution is 2.37. The Bertz CT molecular complexity index is 1390. The monoisotopic (exact) mass is 487 g/mol. The van der Waals surface area contributed by atoms with Crippen LogP contribution in [0.5, 0.6) is 5.88 Å². The molecule has 6 radical (unpaired) electrons. The van der Waals surface area contributed by atoms with Crippen LogP contribution in [0.25, 0.3) is 33.2 Å². The molecule has 0 unspecified atom stereocenters. The predicted molar refractivity (Wildman–Crippen MR) is 134 cm³/mol. The predicted octanol–water partition coefficient (Wildman–Crippen LogP) is 2.24. The first-order valence-corrected chi connectivity index (χ1v) is 11.5. The van der Waals surface area contributed by atoms with Crippen LogP contribution >= 0.6 is 0 Å². The maximum absolute atomic E-state index is 13.0. The third-order valence-electron chi connectivity index (χ3n) is 6.30. The van der Waals surface area contributed by atoms with Crippen LogP contribution in [0.15, 0.2) is 24.4 Å². The average Bonchev–Trinajstić information content (AvgIpc) is 3.38. The third kappa shape index (κ3) is 5.18. The summed E-state index contributed by atoms with van der Waals surface area (Å²) in [6.45, 7) is 1.25. The van der Waals surface area contributed by atoms with Crippen LogP contribution < -0.4 is 10.1 Å². The second kappa shape index (κ2) is 9.06. The molecule has 1 fully saturated rings. The Labute approximate surface area is 209 Å². The summed E-state index contributed by atoms with van der Waals surface area (Å²) in [5.74, 6) is 0.338. The Morgan fingerprint density at radius 3 is 2.72 bits per heavy atom. The summed E-state index contributed by atoms with van der Waals surface area (Å²) in [6, 6.07) is 5.22. The number of nitrogens with zero attached hydrogens (tertiary/aromatic N) is 5. The lowest BCUT2D eigenvalue weighted by molar-refractivity contribution is 0.0195. The third-order valence-corrected chi connectivity index (χ3v) is 6.30. The number of anilines is 1. The first-order chi connectivity index (χ1) is 17.0. The maximum atomic E-state index is 13.0. The van der Waals surface area contributed by atoms with Crippen LogP contribution in [0.3, 0.4) is 0 Å². The number of hydrogen-bond donors (Lipinski definition) is 3. The maximum Gasteiger partial charge on any atom is 0.258 e. The molecule has 4 aromatic rings. The van der Waals surface area contributed by atoms with Gasteiger partial charge in [0.15, 0.2) is 0 Å². The highest BCUT2D eigenvalue weighted by atomic mass is 19.3. The summed E-state index contributed by atoms with van der Waals surface area (Å²) in [5, 5.41) is 19.7. The molecular weight excluding hydrogens is 465 g/mol. The highest BCUT2D eigenvalue weighted by Gasteiger charge is 2.29. The van der Waals surface area contributed by atoms with E-state index in [1.165, 1.54) is 0 Å². The molecule has 0 bridgehead atoms. The molecule has 1 aliphatic rings. The molecule has 1 aromatic carbocycles. The number of benzene rings is 1. The van der Waals surface area contributed by atoms with Crippen molar-refractivity contribution >= 4 is 51.6 Å². The van der Waals surface area contributed by atoms with Crippen molar-refractivity contribution in [3.63, 3.8) is 0 Å². The number of hydrogen-bond acceptors (Lipinski definition) is 7. The van der Waals surface area contributed by atoms with Gasteiger partial charge in [0.05, 0.1) is 16.5 Å². The van der Waals surface area contributed by atoms with Crippen molar-refractivity contribution in [2.24, 2.45) is 0 Å². The first kappa shape index (κ1) is 24.5. The Morgan fingerprint density at radius 2 is 2.03 bits per heavy atom. The number of nitrogens with one attached hydrogen (secondary N) is 2. The van der Waals surface area contributed by atoms with Gasteiger partial charge in [0, 0.05) is 17.8 Å². The van der Waals surface area contributed by atoms with Crippen molar-refractivity contribution < 1.29 is 18.6 Å². The zero-order valence-electron chi connectivity index (χ0n) is 19.6. The van der Waals surface area contributed by atoms with Gasteiger partial charge >= 0.3 is 0 Å². The minimum atomic E-state index is -2.58. The van der Waals surface area contributed by atoms with Crippen LogP contribution in [0, 0.1) is 0 Å². The van der Waals surface area contributed by atoms with E-state index in [9.17, 15) is 13.9 Å². The van der Waals surface area contributed by atoms with Gasteiger partial charge in [-0.25, -0.2) is 13.5 Å². The summed E-state index contributed by atoms with van der Waals surface area (Å²) >= 11 is 0. The van der Waals surface area contributed by atoms with Gasteiger partial charge in [0.25, 0.3) is 6.43 Å². The molecule has 5 rings (SSSR count). The molecule has 180 valence electrons. The molecule has 36 heavy (non-hydrogen) atoms. The molecule has 14 heteroatoms. The summed E-state index contributed by atoms with van der Waals surface area (Å²) < 4.78 is 32.7. The Kier molecular flexibility index (Phi) is 6.18. The average molecular weight is 487 g/mol. The van der Waals surface area contributed by atoms with Gasteiger partial charge in [-0.15, -0.1) is 5.10 Å². The van der Waals surface area contributed by atoms with E-state index in [2.05, 4.69) is 30.6 Å². The van der Waals surface area contributed by atoms with Gasteiger partial charge in [-0.1, -0.05) is 11.3 Å². The number of aromatic nitrogens is 6. The van der Waals surface area contributed by atoms with Gasteiger partial charge < -0.3 is 20.1 Å². The number of fused-ring (bicyclic) bond motifs is 2. The lowest BCUT2D eigenvalue weighted by Crippen LogP contribution is -2.38. The minimum absolute atomic E-state index is 0.0494. The van der Waals surface area contributed by atoms with E-state index in [0.29, 0.717) is 46.0 Å². The highest BCUT2D eigenvalue weighted by molar-refractivity contribution is 6.58. The van der Waals surface area contributed by atoms with E-state index >= 15 is 0 Å². The molecule has 0 saturated heterocycles. The van der Waals surface area contributed by atoms with Crippen LogP contribution in [0.4, 0.5) is 14.7 Å². The van der Waals surface area contributed by atoms with Gasteiger partial charge in [-0.3, -0.25) is 0 Å². The fraction of sp³-hybridized carbons (Fsp3) is 0.455. The lowest BCUT2D eigenvalue weighted by atomic mass is 9.52.